The zero-order chi connectivity index (χ0) is 46.6. The fraction of sp³-hybridized carbons (Fsp3) is 0.957. The number of aliphatic hydroxyl groups is 4. The minimum atomic E-state index is -1.86. The van der Waals surface area contributed by atoms with Gasteiger partial charge >= 0.3 is 5.97 Å². The summed E-state index contributed by atoms with van der Waals surface area (Å²) in [4.78, 5) is 28.2. The maximum Gasteiger partial charge on any atom is 0.311 e. The fourth-order valence-corrected chi connectivity index (χ4v) is 9.08. The van der Waals surface area contributed by atoms with Crippen LogP contribution in [0.3, 0.4) is 0 Å². The first-order chi connectivity index (χ1) is 28.4. The Balaban J connectivity index is 2.38. The Morgan fingerprint density at radius 3 is 2.18 bits per heavy atom. The summed E-state index contributed by atoms with van der Waals surface area (Å²) in [6.45, 7) is 24.7. The van der Waals surface area contributed by atoms with Crippen LogP contribution in [0, 0.1) is 23.7 Å². The molecule has 2 aliphatic heterocycles. The molecule has 0 aliphatic carbocycles. The third-order valence-electron chi connectivity index (χ3n) is 13.8. The molecule has 0 saturated carbocycles. The van der Waals surface area contributed by atoms with E-state index in [2.05, 4.69) is 37.9 Å². The lowest BCUT2D eigenvalue weighted by atomic mass is 9.78. The van der Waals surface area contributed by atoms with E-state index in [1.54, 1.807) is 34.7 Å². The van der Waals surface area contributed by atoms with E-state index in [0.29, 0.717) is 32.3 Å². The number of amides is 1. The molecule has 2 saturated heterocycles. The molecule has 0 aromatic carbocycles. The van der Waals surface area contributed by atoms with Crippen LogP contribution in [0.15, 0.2) is 0 Å². The zero-order valence-electron chi connectivity index (χ0n) is 40.6. The monoisotopic (exact) mass is 877 g/mol. The average molecular weight is 877 g/mol. The van der Waals surface area contributed by atoms with Gasteiger partial charge in [-0.05, 0) is 100 Å². The number of hydrogen-bond acceptors (Lipinski definition) is 14. The van der Waals surface area contributed by atoms with Crippen molar-refractivity contribution in [2.45, 2.75) is 232 Å². The van der Waals surface area contributed by atoms with Crippen molar-refractivity contribution in [2.24, 2.45) is 23.7 Å². The third-order valence-corrected chi connectivity index (χ3v) is 13.8. The highest BCUT2D eigenvalue weighted by atomic mass is 16.7. The lowest BCUT2D eigenvalue weighted by Gasteiger charge is -2.47. The highest BCUT2D eigenvalue weighted by Gasteiger charge is 2.50. The van der Waals surface area contributed by atoms with Gasteiger partial charge in [-0.1, -0.05) is 41.0 Å². The normalized spacial score (nSPS) is 31.6. The SMILES string of the molecule is CCC[C@@H](C)[C@H](OCCCCC(=O)NC)[C@H](C)[C@@H](O)[C@](C)(O)[C@@H](CC)OC(=O)[C@H](C)[C@@H](O[C@H]1C[C@@](C)(OC)[C@@H](O)[C@H](C)O1)[C@H](C)[C@H](C)O[C@@H]1O[C@H](C)C[C@H](N(C)C(C)C)[C@H]1O. The molecule has 15 nitrogen and oxygen atoms in total. The van der Waals surface area contributed by atoms with E-state index in [1.807, 2.05) is 34.7 Å². The van der Waals surface area contributed by atoms with Crippen molar-refractivity contribution in [3.63, 3.8) is 0 Å². The van der Waals surface area contributed by atoms with E-state index in [1.165, 1.54) is 14.0 Å². The van der Waals surface area contributed by atoms with Crippen molar-refractivity contribution in [3.8, 4) is 0 Å². The zero-order valence-corrected chi connectivity index (χ0v) is 40.6. The number of hydrogen-bond donors (Lipinski definition) is 5. The molecule has 15 heteroatoms. The number of ether oxygens (including phenoxy) is 7. The fourth-order valence-electron chi connectivity index (χ4n) is 9.08. The Morgan fingerprint density at radius 1 is 0.984 bits per heavy atom. The van der Waals surface area contributed by atoms with E-state index in [0.717, 1.165) is 12.8 Å². The van der Waals surface area contributed by atoms with Crippen LogP contribution in [-0.2, 0) is 42.7 Å². The second-order valence-electron chi connectivity index (χ2n) is 19.0. The molecule has 18 atom stereocenters. The van der Waals surface area contributed by atoms with Crippen LogP contribution < -0.4 is 5.32 Å². The van der Waals surface area contributed by atoms with Crippen molar-refractivity contribution < 1.29 is 63.2 Å². The number of esters is 1. The summed E-state index contributed by atoms with van der Waals surface area (Å²) < 4.78 is 43.7. The number of carbonyl (C=O) groups is 2. The first-order valence-corrected chi connectivity index (χ1v) is 23.1. The smallest absolute Gasteiger partial charge is 0.311 e. The molecule has 0 spiro atoms. The van der Waals surface area contributed by atoms with Crippen LogP contribution in [0.5, 0.6) is 0 Å². The van der Waals surface area contributed by atoms with Crippen LogP contribution in [-0.4, -0.2) is 156 Å². The Hall–Kier alpha value is -1.50. The minimum Gasteiger partial charge on any atom is -0.459 e. The predicted molar refractivity (Wildman–Crippen MR) is 233 cm³/mol. The van der Waals surface area contributed by atoms with Gasteiger partial charge in [0.05, 0.1) is 48.1 Å². The molecule has 0 aromatic heterocycles. The molecule has 1 amide bonds. The van der Waals surface area contributed by atoms with Gasteiger partial charge in [-0.2, -0.15) is 0 Å². The number of methoxy groups -OCH3 is 1. The van der Waals surface area contributed by atoms with Crippen LogP contribution >= 0.6 is 0 Å². The maximum atomic E-state index is 14.4. The first kappa shape index (κ1) is 55.6. The highest BCUT2D eigenvalue weighted by molar-refractivity contribution is 5.75. The summed E-state index contributed by atoms with van der Waals surface area (Å²) in [5.41, 5.74) is -2.85. The van der Waals surface area contributed by atoms with E-state index >= 15 is 0 Å². The standard InChI is InChI=1S/C46H88N2O13/c1-17-21-27(5)39(56-23-20-19-22-36(49)47-14)30(8)41(51)46(13,54)35(18-2)60-43(53)31(9)40(61-37-25-45(12,55-16)42(52)33(11)58-37)29(7)32(10)59-44-38(50)34(24-28(6)57-44)48(15)26(3)4/h26-35,37-42,44,50-52,54H,17-25H2,1-16H3,(H,47,49)/t27-,28-,29-,30+,31-,32+,33+,34+,35-,37+,38-,39+,40+,41-,42+,44+,45-,46-/m1/s1. The van der Waals surface area contributed by atoms with Gasteiger partial charge in [0.25, 0.3) is 0 Å². The predicted octanol–water partition coefficient (Wildman–Crippen LogP) is 4.96. The quantitative estimate of drug-likeness (QED) is 0.0578. The summed E-state index contributed by atoms with van der Waals surface area (Å²) in [6, 6.07) is -0.00393. The molecule has 2 aliphatic rings. The second-order valence-corrected chi connectivity index (χ2v) is 19.0. The van der Waals surface area contributed by atoms with Crippen molar-refractivity contribution in [2.75, 3.05) is 27.8 Å². The molecule has 0 bridgehead atoms. The molecule has 2 fully saturated rings. The van der Waals surface area contributed by atoms with Crippen molar-refractivity contribution in [3.05, 3.63) is 0 Å². The van der Waals surface area contributed by atoms with Crippen LogP contribution in [0.2, 0.25) is 0 Å². The lowest BCUT2D eigenvalue weighted by molar-refractivity contribution is -0.305. The van der Waals surface area contributed by atoms with Crippen LogP contribution in [0.1, 0.15) is 141 Å². The number of likely N-dealkylation sites (N-methyl/N-ethyl adjacent to an activating group) is 1. The molecule has 5 N–H and O–H groups in total. The molecule has 0 unspecified atom stereocenters. The summed E-state index contributed by atoms with van der Waals surface area (Å²) in [6.07, 6.45) is -4.30. The largest absolute Gasteiger partial charge is 0.459 e. The summed E-state index contributed by atoms with van der Waals surface area (Å²) in [5.74, 6) is -2.60. The van der Waals surface area contributed by atoms with E-state index in [9.17, 15) is 30.0 Å². The number of carbonyl (C=O) groups excluding carboxylic acids is 2. The molecule has 0 aromatic rings. The minimum absolute atomic E-state index is 0.0294. The van der Waals surface area contributed by atoms with Gasteiger partial charge in [0.1, 0.15) is 23.9 Å². The molecule has 2 rings (SSSR count). The molecular weight excluding hydrogens is 789 g/mol. The van der Waals surface area contributed by atoms with E-state index in [4.69, 9.17) is 33.2 Å². The molecule has 2 heterocycles. The van der Waals surface area contributed by atoms with Crippen molar-refractivity contribution >= 4 is 11.9 Å². The first-order valence-electron chi connectivity index (χ1n) is 23.1. The number of rotatable bonds is 26. The molecule has 61 heavy (non-hydrogen) atoms. The Bertz CT molecular complexity index is 1290. The van der Waals surface area contributed by atoms with Gasteiger partial charge in [0.2, 0.25) is 5.91 Å². The van der Waals surface area contributed by atoms with Gasteiger partial charge in [0, 0.05) is 57.5 Å². The molecule has 360 valence electrons. The van der Waals surface area contributed by atoms with Crippen molar-refractivity contribution in [1.29, 1.82) is 0 Å². The molecular formula is C46H88N2O13. The van der Waals surface area contributed by atoms with Gasteiger partial charge < -0.3 is 58.9 Å². The summed E-state index contributed by atoms with van der Waals surface area (Å²) in [5, 5.41) is 49.0. The number of nitrogens with one attached hydrogen (secondary N) is 1. The van der Waals surface area contributed by atoms with Gasteiger partial charge in [0.15, 0.2) is 12.6 Å². The average Bonchev–Trinajstić information content (AvgIpc) is 3.21. The van der Waals surface area contributed by atoms with Crippen molar-refractivity contribution in [1.82, 2.24) is 10.2 Å². The Kier molecular flexibility index (Phi) is 23.0. The Morgan fingerprint density at radius 2 is 1.62 bits per heavy atom. The van der Waals surface area contributed by atoms with E-state index < -0.39 is 96.3 Å². The summed E-state index contributed by atoms with van der Waals surface area (Å²) in [7, 11) is 5.11. The van der Waals surface area contributed by atoms with Gasteiger partial charge in [-0.25, -0.2) is 0 Å². The third kappa shape index (κ3) is 15.0. The Labute approximate surface area is 368 Å². The number of unbranched alkanes of at least 4 members (excludes halogenated alkanes) is 1. The van der Waals surface area contributed by atoms with E-state index in [-0.39, 0.29) is 42.9 Å². The van der Waals surface area contributed by atoms with Gasteiger partial charge in [-0.3, -0.25) is 14.5 Å². The maximum absolute atomic E-state index is 14.4. The lowest BCUT2D eigenvalue weighted by Crippen LogP contribution is -2.58. The van der Waals surface area contributed by atoms with Crippen LogP contribution in [0.4, 0.5) is 0 Å². The van der Waals surface area contributed by atoms with Gasteiger partial charge in [-0.15, -0.1) is 0 Å². The summed E-state index contributed by atoms with van der Waals surface area (Å²) >= 11 is 0. The highest BCUT2D eigenvalue weighted by Crippen LogP contribution is 2.37. The van der Waals surface area contributed by atoms with Crippen LogP contribution in [0.25, 0.3) is 0 Å². The second kappa shape index (κ2) is 25.3. The molecule has 0 radical (unpaired) electrons. The number of aliphatic hydroxyl groups excluding tert-OH is 3. The number of nitrogens with zero attached hydrogens (tertiary/aromatic N) is 1. The topological polar surface area (TPSA) is 195 Å².